The first kappa shape index (κ1) is 14.3. The Balaban J connectivity index is 1.49. The molecule has 0 spiro atoms. The highest BCUT2D eigenvalue weighted by Gasteiger charge is 2.29. The number of ether oxygens (including phenoxy) is 1. The molecule has 23 heavy (non-hydrogen) atoms. The lowest BCUT2D eigenvalue weighted by Gasteiger charge is -2.18. The molecule has 6 nitrogen and oxygen atoms in total. The summed E-state index contributed by atoms with van der Waals surface area (Å²) in [5.74, 6) is 0.383. The molecule has 1 aromatic carbocycles. The number of hydrogen-bond donors (Lipinski definition) is 1. The van der Waals surface area contributed by atoms with Gasteiger partial charge in [-0.2, -0.15) is 4.52 Å². The van der Waals surface area contributed by atoms with Crippen molar-refractivity contribution in [3.63, 3.8) is 0 Å². The highest BCUT2D eigenvalue weighted by Crippen LogP contribution is 2.34. The molecule has 1 N–H and O–H groups in total. The predicted molar refractivity (Wildman–Crippen MR) is 88.9 cm³/mol. The maximum atomic E-state index is 11.7. The summed E-state index contributed by atoms with van der Waals surface area (Å²) >= 11 is 1.38. The summed E-state index contributed by atoms with van der Waals surface area (Å²) < 4.78 is 7.22. The summed E-state index contributed by atoms with van der Waals surface area (Å²) in [5.41, 5.74) is 1.05. The van der Waals surface area contributed by atoms with Crippen LogP contribution in [0.3, 0.4) is 0 Å². The maximum Gasteiger partial charge on any atom is 0.275 e. The van der Waals surface area contributed by atoms with Gasteiger partial charge in [-0.15, -0.1) is 5.10 Å². The van der Waals surface area contributed by atoms with Crippen molar-refractivity contribution < 1.29 is 4.74 Å². The Morgan fingerprint density at radius 1 is 1.30 bits per heavy atom. The Morgan fingerprint density at radius 2 is 2.17 bits per heavy atom. The lowest BCUT2D eigenvalue weighted by molar-refractivity contribution is 0.0933. The van der Waals surface area contributed by atoms with E-state index >= 15 is 0 Å². The van der Waals surface area contributed by atoms with Crippen molar-refractivity contribution in [2.24, 2.45) is 5.92 Å². The van der Waals surface area contributed by atoms with Crippen LogP contribution in [-0.2, 0) is 4.74 Å². The molecule has 3 heterocycles. The third-order valence-corrected chi connectivity index (χ3v) is 4.91. The van der Waals surface area contributed by atoms with Gasteiger partial charge in [-0.25, -0.2) is 4.98 Å². The van der Waals surface area contributed by atoms with Crippen LogP contribution >= 0.6 is 11.3 Å². The smallest absolute Gasteiger partial charge is 0.275 e. The fourth-order valence-corrected chi connectivity index (χ4v) is 3.67. The van der Waals surface area contributed by atoms with Crippen LogP contribution in [0.2, 0.25) is 0 Å². The zero-order chi connectivity index (χ0) is 15.6. The molecule has 7 heteroatoms. The van der Waals surface area contributed by atoms with Crippen LogP contribution in [0.1, 0.15) is 18.1 Å². The molecule has 3 aromatic rings. The molecule has 2 aromatic heterocycles. The van der Waals surface area contributed by atoms with Crippen molar-refractivity contribution in [3.05, 3.63) is 58.5 Å². The lowest BCUT2D eigenvalue weighted by atomic mass is 9.95. The summed E-state index contributed by atoms with van der Waals surface area (Å²) in [6.45, 7) is 1.53. The summed E-state index contributed by atoms with van der Waals surface area (Å²) in [4.78, 5) is 16.5. The van der Waals surface area contributed by atoms with E-state index in [2.05, 4.69) is 27.5 Å². The highest BCUT2D eigenvalue weighted by atomic mass is 32.1. The Hall–Kier alpha value is -2.25. The van der Waals surface area contributed by atoms with Crippen LogP contribution in [0.15, 0.2) is 47.4 Å². The number of aromatic nitrogens is 3. The van der Waals surface area contributed by atoms with Gasteiger partial charge in [0, 0.05) is 31.3 Å². The molecule has 1 saturated heterocycles. The second kappa shape index (κ2) is 6.10. The van der Waals surface area contributed by atoms with E-state index in [9.17, 15) is 4.79 Å². The Morgan fingerprint density at radius 3 is 3.00 bits per heavy atom. The van der Waals surface area contributed by atoms with Crippen molar-refractivity contribution in [1.29, 1.82) is 0 Å². The fraction of sp³-hybridized carbons (Fsp3) is 0.312. The molecular weight excluding hydrogens is 312 g/mol. The third-order valence-electron chi connectivity index (χ3n) is 4.03. The molecule has 0 radical (unpaired) electrons. The molecule has 118 valence electrons. The summed E-state index contributed by atoms with van der Waals surface area (Å²) in [5, 5.41) is 8.32. The van der Waals surface area contributed by atoms with Gasteiger partial charge in [-0.3, -0.25) is 4.79 Å². The topological polar surface area (TPSA) is 68.5 Å². The molecule has 4 rings (SSSR count). The van der Waals surface area contributed by atoms with Gasteiger partial charge in [-0.1, -0.05) is 41.7 Å². The molecule has 0 aliphatic carbocycles. The van der Waals surface area contributed by atoms with Crippen LogP contribution in [0.5, 0.6) is 0 Å². The second-order valence-electron chi connectivity index (χ2n) is 5.52. The first-order valence-corrected chi connectivity index (χ1v) is 8.38. The fourth-order valence-electron chi connectivity index (χ4n) is 2.89. The first-order valence-electron chi connectivity index (χ1n) is 7.56. The number of benzene rings is 1. The Bertz CT molecular complexity index is 861. The van der Waals surface area contributed by atoms with Gasteiger partial charge in [0.05, 0.1) is 6.10 Å². The number of rotatable bonds is 4. The Labute approximate surface area is 136 Å². The Kier molecular flexibility index (Phi) is 3.80. The number of nitrogens with zero attached hydrogens (tertiary/aromatic N) is 3. The zero-order valence-corrected chi connectivity index (χ0v) is 13.2. The standard InChI is InChI=1S/C16H16N4O2S/c21-13-6-8-17-16-20(13)19-15(23-16)18-10-12-7-9-22-14(12)11-4-2-1-3-5-11/h1-6,8,12,14H,7,9-10H2,(H,18,19)/t12-,14-/m1/s1. The summed E-state index contributed by atoms with van der Waals surface area (Å²) in [6.07, 6.45) is 2.63. The first-order chi connectivity index (χ1) is 11.3. The number of fused-ring (bicyclic) bond motifs is 1. The molecular formula is C16H16N4O2S. The zero-order valence-electron chi connectivity index (χ0n) is 12.4. The molecule has 0 amide bonds. The summed E-state index contributed by atoms with van der Waals surface area (Å²) in [6, 6.07) is 11.7. The van der Waals surface area contributed by atoms with Crippen LogP contribution in [0.25, 0.3) is 4.96 Å². The SMILES string of the molecule is O=c1ccnc2sc(NC[C@H]3CCO[C@@H]3c3ccccc3)nn12. The van der Waals surface area contributed by atoms with E-state index in [4.69, 9.17) is 4.74 Å². The quantitative estimate of drug-likeness (QED) is 0.796. The van der Waals surface area contributed by atoms with Crippen molar-refractivity contribution in [1.82, 2.24) is 14.6 Å². The van der Waals surface area contributed by atoms with E-state index in [0.717, 1.165) is 19.6 Å². The van der Waals surface area contributed by atoms with Crippen molar-refractivity contribution in [3.8, 4) is 0 Å². The van der Waals surface area contributed by atoms with Gasteiger partial charge in [0.15, 0.2) is 0 Å². The van der Waals surface area contributed by atoms with E-state index in [-0.39, 0.29) is 11.7 Å². The van der Waals surface area contributed by atoms with E-state index in [1.54, 1.807) is 0 Å². The predicted octanol–water partition coefficient (Wildman–Crippen LogP) is 2.34. The average molecular weight is 328 g/mol. The van der Waals surface area contributed by atoms with E-state index in [1.165, 1.54) is 33.7 Å². The van der Waals surface area contributed by atoms with Crippen LogP contribution in [0.4, 0.5) is 5.13 Å². The minimum absolute atomic E-state index is 0.110. The number of nitrogens with one attached hydrogen (secondary N) is 1. The monoisotopic (exact) mass is 328 g/mol. The molecule has 0 saturated carbocycles. The second-order valence-corrected chi connectivity index (χ2v) is 6.47. The van der Waals surface area contributed by atoms with Gasteiger partial charge in [0.1, 0.15) is 0 Å². The van der Waals surface area contributed by atoms with Gasteiger partial charge in [0.2, 0.25) is 10.1 Å². The van der Waals surface area contributed by atoms with Gasteiger partial charge in [-0.05, 0) is 12.0 Å². The highest BCUT2D eigenvalue weighted by molar-refractivity contribution is 7.20. The van der Waals surface area contributed by atoms with Gasteiger partial charge < -0.3 is 10.1 Å². The normalized spacial score (nSPS) is 20.9. The minimum atomic E-state index is -0.161. The van der Waals surface area contributed by atoms with Crippen molar-refractivity contribution in [2.75, 3.05) is 18.5 Å². The van der Waals surface area contributed by atoms with Gasteiger partial charge in [0.25, 0.3) is 5.56 Å². The van der Waals surface area contributed by atoms with Crippen LogP contribution in [0, 0.1) is 5.92 Å². The summed E-state index contributed by atoms with van der Waals surface area (Å²) in [7, 11) is 0. The van der Waals surface area contributed by atoms with E-state index in [1.807, 2.05) is 18.2 Å². The largest absolute Gasteiger partial charge is 0.373 e. The molecule has 1 fully saturated rings. The third kappa shape index (κ3) is 2.85. The maximum absolute atomic E-state index is 11.7. The van der Waals surface area contributed by atoms with Gasteiger partial charge >= 0.3 is 0 Å². The van der Waals surface area contributed by atoms with Crippen LogP contribution in [-0.4, -0.2) is 27.7 Å². The van der Waals surface area contributed by atoms with E-state index < -0.39 is 0 Å². The van der Waals surface area contributed by atoms with Crippen LogP contribution < -0.4 is 10.9 Å². The molecule has 0 bridgehead atoms. The molecule has 1 aliphatic heterocycles. The lowest BCUT2D eigenvalue weighted by Crippen LogP contribution is -2.18. The van der Waals surface area contributed by atoms with Crippen molar-refractivity contribution in [2.45, 2.75) is 12.5 Å². The molecule has 2 atom stereocenters. The average Bonchev–Trinajstić information content (AvgIpc) is 3.21. The van der Waals surface area contributed by atoms with E-state index in [0.29, 0.717) is 16.0 Å². The number of anilines is 1. The molecule has 0 unspecified atom stereocenters. The van der Waals surface area contributed by atoms with Crippen molar-refractivity contribution >= 4 is 21.4 Å². The molecule has 1 aliphatic rings. The minimum Gasteiger partial charge on any atom is -0.373 e. The number of hydrogen-bond acceptors (Lipinski definition) is 6.